The summed E-state index contributed by atoms with van der Waals surface area (Å²) >= 11 is 0. The molecule has 19 heavy (non-hydrogen) atoms. The van der Waals surface area contributed by atoms with Crippen LogP contribution in [0.5, 0.6) is 0 Å². The molecule has 0 radical (unpaired) electrons. The SMILES string of the molecule is CCCN(c1nccc(C(=O)OCC)c1N)C1CC1. The number of carbonyl (C=O) groups is 1. The Morgan fingerprint density at radius 1 is 1.53 bits per heavy atom. The van der Waals surface area contributed by atoms with Gasteiger partial charge in [-0.1, -0.05) is 6.92 Å². The van der Waals surface area contributed by atoms with Crippen LogP contribution in [0, 0.1) is 0 Å². The zero-order chi connectivity index (χ0) is 13.8. The summed E-state index contributed by atoms with van der Waals surface area (Å²) in [6.07, 6.45) is 5.00. The predicted octanol–water partition coefficient (Wildman–Crippen LogP) is 2.22. The first-order valence-electron chi connectivity index (χ1n) is 6.87. The Balaban J connectivity index is 2.29. The molecule has 104 valence electrons. The zero-order valence-corrected chi connectivity index (χ0v) is 11.6. The Morgan fingerprint density at radius 2 is 2.26 bits per heavy atom. The maximum atomic E-state index is 11.8. The molecular weight excluding hydrogens is 242 g/mol. The van der Waals surface area contributed by atoms with E-state index in [2.05, 4.69) is 16.8 Å². The van der Waals surface area contributed by atoms with E-state index < -0.39 is 0 Å². The van der Waals surface area contributed by atoms with Gasteiger partial charge in [0.15, 0.2) is 5.82 Å². The van der Waals surface area contributed by atoms with Gasteiger partial charge >= 0.3 is 5.97 Å². The van der Waals surface area contributed by atoms with Crippen molar-refractivity contribution in [2.75, 3.05) is 23.8 Å². The van der Waals surface area contributed by atoms with Crippen LogP contribution in [0.4, 0.5) is 11.5 Å². The molecule has 0 aromatic carbocycles. The third-order valence-electron chi connectivity index (χ3n) is 3.19. The van der Waals surface area contributed by atoms with Crippen LogP contribution in [0.25, 0.3) is 0 Å². The summed E-state index contributed by atoms with van der Waals surface area (Å²) < 4.78 is 5.01. The van der Waals surface area contributed by atoms with E-state index in [4.69, 9.17) is 10.5 Å². The molecule has 1 aromatic heterocycles. The summed E-state index contributed by atoms with van der Waals surface area (Å²) in [6, 6.07) is 2.14. The smallest absolute Gasteiger partial charge is 0.340 e. The molecule has 1 heterocycles. The molecule has 1 aromatic rings. The van der Waals surface area contributed by atoms with E-state index in [0.717, 1.165) is 18.8 Å². The Labute approximate surface area is 113 Å². The van der Waals surface area contributed by atoms with Crippen LogP contribution in [0.2, 0.25) is 0 Å². The fourth-order valence-corrected chi connectivity index (χ4v) is 2.17. The van der Waals surface area contributed by atoms with Crippen LogP contribution in [-0.4, -0.2) is 30.1 Å². The van der Waals surface area contributed by atoms with Gasteiger partial charge < -0.3 is 15.4 Å². The highest BCUT2D eigenvalue weighted by Gasteiger charge is 2.31. The lowest BCUT2D eigenvalue weighted by atomic mass is 10.2. The fraction of sp³-hybridized carbons (Fsp3) is 0.571. The highest BCUT2D eigenvalue weighted by atomic mass is 16.5. The predicted molar refractivity (Wildman–Crippen MR) is 75.3 cm³/mol. The number of pyridine rings is 1. The number of nitrogens with zero attached hydrogens (tertiary/aromatic N) is 2. The minimum Gasteiger partial charge on any atom is -0.462 e. The number of ether oxygens (including phenoxy) is 1. The van der Waals surface area contributed by atoms with Crippen LogP contribution >= 0.6 is 0 Å². The molecule has 0 bridgehead atoms. The van der Waals surface area contributed by atoms with Gasteiger partial charge in [0.1, 0.15) is 0 Å². The summed E-state index contributed by atoms with van der Waals surface area (Å²) in [4.78, 5) is 18.4. The number of carbonyl (C=O) groups excluding carboxylic acids is 1. The van der Waals surface area contributed by atoms with E-state index in [1.165, 1.54) is 12.8 Å². The van der Waals surface area contributed by atoms with Crippen molar-refractivity contribution in [3.05, 3.63) is 17.8 Å². The molecule has 0 unspecified atom stereocenters. The Kier molecular flexibility index (Phi) is 4.24. The van der Waals surface area contributed by atoms with Crippen molar-refractivity contribution in [2.45, 2.75) is 39.2 Å². The van der Waals surface area contributed by atoms with Gasteiger partial charge in [0.05, 0.1) is 17.9 Å². The van der Waals surface area contributed by atoms with Crippen molar-refractivity contribution in [2.24, 2.45) is 0 Å². The quantitative estimate of drug-likeness (QED) is 0.797. The topological polar surface area (TPSA) is 68.5 Å². The molecule has 0 spiro atoms. The average Bonchev–Trinajstić information content (AvgIpc) is 3.21. The van der Waals surface area contributed by atoms with Crippen LogP contribution in [0.15, 0.2) is 12.3 Å². The van der Waals surface area contributed by atoms with Gasteiger partial charge in [0.25, 0.3) is 0 Å². The van der Waals surface area contributed by atoms with Crippen LogP contribution < -0.4 is 10.6 Å². The molecule has 0 saturated heterocycles. The molecule has 2 rings (SSSR count). The first kappa shape index (κ1) is 13.6. The van der Waals surface area contributed by atoms with Crippen molar-refractivity contribution in [3.63, 3.8) is 0 Å². The minimum absolute atomic E-state index is 0.344. The monoisotopic (exact) mass is 263 g/mol. The summed E-state index contributed by atoms with van der Waals surface area (Å²) in [5.41, 5.74) is 6.95. The van der Waals surface area contributed by atoms with Crippen molar-refractivity contribution < 1.29 is 9.53 Å². The second-order valence-electron chi connectivity index (χ2n) is 4.74. The number of anilines is 2. The first-order chi connectivity index (χ1) is 9.19. The van der Waals surface area contributed by atoms with Gasteiger partial charge in [-0.15, -0.1) is 0 Å². The zero-order valence-electron chi connectivity index (χ0n) is 11.6. The largest absolute Gasteiger partial charge is 0.462 e. The van der Waals surface area contributed by atoms with E-state index in [9.17, 15) is 4.79 Å². The maximum absolute atomic E-state index is 11.8. The van der Waals surface area contributed by atoms with Gasteiger partial charge in [0, 0.05) is 18.8 Å². The average molecular weight is 263 g/mol. The number of esters is 1. The van der Waals surface area contributed by atoms with Crippen LogP contribution in [0.1, 0.15) is 43.5 Å². The van der Waals surface area contributed by atoms with Crippen LogP contribution in [0.3, 0.4) is 0 Å². The number of rotatable bonds is 6. The molecule has 1 fully saturated rings. The molecule has 0 amide bonds. The van der Waals surface area contributed by atoms with Gasteiger partial charge in [-0.05, 0) is 32.3 Å². The highest BCUT2D eigenvalue weighted by Crippen LogP contribution is 2.34. The molecule has 5 nitrogen and oxygen atoms in total. The van der Waals surface area contributed by atoms with E-state index in [0.29, 0.717) is 23.9 Å². The highest BCUT2D eigenvalue weighted by molar-refractivity contribution is 5.97. The van der Waals surface area contributed by atoms with Crippen molar-refractivity contribution in [1.82, 2.24) is 4.98 Å². The third kappa shape index (κ3) is 2.97. The standard InChI is InChI=1S/C14H21N3O2/c1-3-9-17(10-5-6-10)13-12(15)11(7-8-16-13)14(18)19-4-2/h7-8,10H,3-6,9,15H2,1-2H3. The van der Waals surface area contributed by atoms with E-state index in [1.807, 2.05) is 0 Å². The van der Waals surface area contributed by atoms with Crippen molar-refractivity contribution in [1.29, 1.82) is 0 Å². The normalized spacial score (nSPS) is 14.2. The molecule has 5 heteroatoms. The molecule has 2 N–H and O–H groups in total. The van der Waals surface area contributed by atoms with E-state index in [1.54, 1.807) is 19.2 Å². The van der Waals surface area contributed by atoms with Gasteiger partial charge in [-0.2, -0.15) is 0 Å². The lowest BCUT2D eigenvalue weighted by Gasteiger charge is -2.24. The van der Waals surface area contributed by atoms with Gasteiger partial charge in [-0.3, -0.25) is 0 Å². The second-order valence-corrected chi connectivity index (χ2v) is 4.74. The van der Waals surface area contributed by atoms with E-state index in [-0.39, 0.29) is 5.97 Å². The summed E-state index contributed by atoms with van der Waals surface area (Å²) in [5, 5.41) is 0. The molecule has 1 saturated carbocycles. The fourth-order valence-electron chi connectivity index (χ4n) is 2.17. The minimum atomic E-state index is -0.379. The number of hydrogen-bond donors (Lipinski definition) is 1. The number of nitrogen functional groups attached to an aromatic ring is 1. The second kappa shape index (κ2) is 5.91. The molecule has 0 aliphatic heterocycles. The lowest BCUT2D eigenvalue weighted by Crippen LogP contribution is -2.29. The third-order valence-corrected chi connectivity index (χ3v) is 3.19. The van der Waals surface area contributed by atoms with Crippen molar-refractivity contribution in [3.8, 4) is 0 Å². The molecule has 0 atom stereocenters. The lowest BCUT2D eigenvalue weighted by molar-refractivity contribution is 0.0527. The maximum Gasteiger partial charge on any atom is 0.340 e. The number of nitrogens with two attached hydrogens (primary N) is 1. The van der Waals surface area contributed by atoms with Gasteiger partial charge in [-0.25, -0.2) is 9.78 Å². The Morgan fingerprint density at radius 3 is 2.84 bits per heavy atom. The molecule has 1 aliphatic carbocycles. The Bertz CT molecular complexity index is 458. The summed E-state index contributed by atoms with van der Waals surface area (Å²) in [6.45, 7) is 5.16. The summed E-state index contributed by atoms with van der Waals surface area (Å²) in [5.74, 6) is 0.339. The molecular formula is C14H21N3O2. The van der Waals surface area contributed by atoms with Gasteiger partial charge in [0.2, 0.25) is 0 Å². The van der Waals surface area contributed by atoms with Crippen LogP contribution in [-0.2, 0) is 4.74 Å². The van der Waals surface area contributed by atoms with E-state index >= 15 is 0 Å². The number of aromatic nitrogens is 1. The summed E-state index contributed by atoms with van der Waals surface area (Å²) in [7, 11) is 0. The Hall–Kier alpha value is -1.78. The first-order valence-corrected chi connectivity index (χ1v) is 6.87. The molecule has 1 aliphatic rings. The number of hydrogen-bond acceptors (Lipinski definition) is 5. The van der Waals surface area contributed by atoms with Crippen molar-refractivity contribution >= 4 is 17.5 Å².